The molecule has 3 heteroatoms. The average molecular weight is 303 g/mol. The number of halogens is 1. The van der Waals surface area contributed by atoms with E-state index in [1.54, 1.807) is 17.4 Å². The predicted molar refractivity (Wildman–Crippen MR) is 91.1 cm³/mol. The Labute approximate surface area is 130 Å². The van der Waals surface area contributed by atoms with E-state index in [0.717, 1.165) is 30.8 Å². The highest BCUT2D eigenvalue weighted by Crippen LogP contribution is 2.31. The third kappa shape index (κ3) is 4.51. The predicted octanol–water partition coefficient (Wildman–Crippen LogP) is 5.35. The Morgan fingerprint density at radius 3 is 2.71 bits per heavy atom. The van der Waals surface area contributed by atoms with Crippen molar-refractivity contribution in [3.63, 3.8) is 0 Å². The largest absolute Gasteiger partial charge is 0.313 e. The summed E-state index contributed by atoms with van der Waals surface area (Å²) in [6, 6.07) is 11.0. The van der Waals surface area contributed by atoms with Crippen LogP contribution in [-0.2, 0) is 0 Å². The minimum Gasteiger partial charge on any atom is -0.313 e. The number of benzene rings is 1. The Morgan fingerprint density at radius 1 is 1.19 bits per heavy atom. The zero-order valence-electron chi connectivity index (χ0n) is 12.7. The van der Waals surface area contributed by atoms with Gasteiger partial charge in [0.05, 0.1) is 0 Å². The van der Waals surface area contributed by atoms with Crippen molar-refractivity contribution >= 4 is 17.4 Å². The third-order valence-corrected chi connectivity index (χ3v) is 4.41. The standard InChI is InChI=1S/C18H22FNS/c1-3-11-20-13-14(4-2)12-15-9-10-18(21-15)16-7-5-6-8-17(16)19/h5-10,12,20H,3-4,11,13H2,1-2H3. The van der Waals surface area contributed by atoms with Gasteiger partial charge in [-0.15, -0.1) is 11.3 Å². The number of hydrogen-bond acceptors (Lipinski definition) is 2. The summed E-state index contributed by atoms with van der Waals surface area (Å²) in [7, 11) is 0. The lowest BCUT2D eigenvalue weighted by Crippen LogP contribution is -2.17. The van der Waals surface area contributed by atoms with Crippen LogP contribution in [0.25, 0.3) is 16.5 Å². The van der Waals surface area contributed by atoms with Gasteiger partial charge in [-0.25, -0.2) is 4.39 Å². The van der Waals surface area contributed by atoms with Crippen LogP contribution >= 0.6 is 11.3 Å². The highest BCUT2D eigenvalue weighted by atomic mass is 32.1. The smallest absolute Gasteiger partial charge is 0.131 e. The molecule has 112 valence electrons. The highest BCUT2D eigenvalue weighted by molar-refractivity contribution is 7.16. The van der Waals surface area contributed by atoms with Crippen molar-refractivity contribution in [2.24, 2.45) is 0 Å². The van der Waals surface area contributed by atoms with Gasteiger partial charge < -0.3 is 5.32 Å². The van der Waals surface area contributed by atoms with Gasteiger partial charge in [0, 0.05) is 21.9 Å². The summed E-state index contributed by atoms with van der Waals surface area (Å²) in [6.45, 7) is 6.31. The first kappa shape index (κ1) is 15.9. The zero-order valence-corrected chi connectivity index (χ0v) is 13.5. The molecule has 1 aromatic carbocycles. The van der Waals surface area contributed by atoms with Crippen LogP contribution in [0, 0.1) is 5.82 Å². The normalized spacial score (nSPS) is 11.9. The van der Waals surface area contributed by atoms with E-state index in [9.17, 15) is 4.39 Å². The molecule has 0 amide bonds. The van der Waals surface area contributed by atoms with E-state index in [1.807, 2.05) is 18.2 Å². The molecule has 1 N–H and O–H groups in total. The molecule has 21 heavy (non-hydrogen) atoms. The van der Waals surface area contributed by atoms with E-state index in [-0.39, 0.29) is 5.82 Å². The van der Waals surface area contributed by atoms with E-state index in [4.69, 9.17) is 0 Å². The molecule has 1 aromatic heterocycles. The van der Waals surface area contributed by atoms with Crippen LogP contribution in [0.2, 0.25) is 0 Å². The molecule has 2 rings (SSSR count). The number of rotatable bonds is 7. The first-order valence-electron chi connectivity index (χ1n) is 7.49. The molecule has 0 unspecified atom stereocenters. The molecule has 0 saturated heterocycles. The van der Waals surface area contributed by atoms with E-state index >= 15 is 0 Å². The lowest BCUT2D eigenvalue weighted by atomic mass is 10.1. The maximum Gasteiger partial charge on any atom is 0.131 e. The highest BCUT2D eigenvalue weighted by Gasteiger charge is 2.06. The van der Waals surface area contributed by atoms with Crippen LogP contribution in [0.3, 0.4) is 0 Å². The van der Waals surface area contributed by atoms with Crippen LogP contribution in [0.5, 0.6) is 0 Å². The van der Waals surface area contributed by atoms with Crippen molar-refractivity contribution in [1.82, 2.24) is 5.32 Å². The number of hydrogen-bond donors (Lipinski definition) is 1. The third-order valence-electron chi connectivity index (χ3n) is 3.35. The Bertz CT molecular complexity index is 601. The van der Waals surface area contributed by atoms with Gasteiger partial charge in [0.25, 0.3) is 0 Å². The topological polar surface area (TPSA) is 12.0 Å². The summed E-state index contributed by atoms with van der Waals surface area (Å²) in [5.74, 6) is -0.157. The second-order valence-electron chi connectivity index (χ2n) is 5.01. The van der Waals surface area contributed by atoms with Gasteiger partial charge in [-0.1, -0.05) is 37.6 Å². The fraction of sp³-hybridized carbons (Fsp3) is 0.333. The molecule has 0 aliphatic rings. The summed E-state index contributed by atoms with van der Waals surface area (Å²) in [6.07, 6.45) is 4.40. The molecule has 0 saturated carbocycles. The summed E-state index contributed by atoms with van der Waals surface area (Å²) in [5, 5.41) is 3.43. The Balaban J connectivity index is 2.13. The molecule has 0 bridgehead atoms. The molecule has 0 aliphatic carbocycles. The lowest BCUT2D eigenvalue weighted by molar-refractivity contribution is 0.631. The van der Waals surface area contributed by atoms with Crippen molar-refractivity contribution in [1.29, 1.82) is 0 Å². The second-order valence-corrected chi connectivity index (χ2v) is 6.13. The van der Waals surface area contributed by atoms with Crippen LogP contribution in [-0.4, -0.2) is 13.1 Å². The van der Waals surface area contributed by atoms with Crippen molar-refractivity contribution in [3.8, 4) is 10.4 Å². The van der Waals surface area contributed by atoms with E-state index in [0.29, 0.717) is 5.56 Å². The fourth-order valence-corrected chi connectivity index (χ4v) is 3.17. The van der Waals surface area contributed by atoms with E-state index < -0.39 is 0 Å². The molecular weight excluding hydrogens is 281 g/mol. The molecular formula is C18H22FNS. The van der Waals surface area contributed by atoms with Crippen molar-refractivity contribution in [3.05, 3.63) is 52.7 Å². The van der Waals surface area contributed by atoms with Gasteiger partial charge >= 0.3 is 0 Å². The second kappa shape index (κ2) is 8.11. The number of thiophene rings is 1. The zero-order chi connectivity index (χ0) is 15.1. The molecule has 1 heterocycles. The molecule has 0 radical (unpaired) electrons. The number of nitrogens with one attached hydrogen (secondary N) is 1. The molecule has 1 nitrogen and oxygen atoms in total. The van der Waals surface area contributed by atoms with Crippen molar-refractivity contribution in [2.75, 3.05) is 13.1 Å². The van der Waals surface area contributed by atoms with E-state index in [1.165, 1.54) is 16.5 Å². The molecule has 0 aliphatic heterocycles. The SMILES string of the molecule is CCCNCC(=Cc1ccc(-c2ccccc2F)s1)CC. The van der Waals surface area contributed by atoms with Crippen molar-refractivity contribution < 1.29 is 4.39 Å². The maximum absolute atomic E-state index is 13.8. The van der Waals surface area contributed by atoms with Crippen LogP contribution in [0.1, 0.15) is 31.6 Å². The Morgan fingerprint density at radius 2 is 2.00 bits per heavy atom. The minimum absolute atomic E-state index is 0.157. The fourth-order valence-electron chi connectivity index (χ4n) is 2.14. The van der Waals surface area contributed by atoms with Crippen LogP contribution in [0.15, 0.2) is 42.0 Å². The summed E-state index contributed by atoms with van der Waals surface area (Å²) in [4.78, 5) is 2.17. The minimum atomic E-state index is -0.157. The summed E-state index contributed by atoms with van der Waals surface area (Å²) < 4.78 is 13.8. The molecule has 0 atom stereocenters. The van der Waals surface area contributed by atoms with Gasteiger partial charge in [-0.05, 0) is 43.7 Å². The maximum atomic E-state index is 13.8. The molecule has 0 fully saturated rings. The summed E-state index contributed by atoms with van der Waals surface area (Å²) >= 11 is 1.64. The van der Waals surface area contributed by atoms with Gasteiger partial charge in [-0.3, -0.25) is 0 Å². The van der Waals surface area contributed by atoms with Gasteiger partial charge in [-0.2, -0.15) is 0 Å². The summed E-state index contributed by atoms with van der Waals surface area (Å²) in [5.41, 5.74) is 2.06. The van der Waals surface area contributed by atoms with Gasteiger partial charge in [0.2, 0.25) is 0 Å². The van der Waals surface area contributed by atoms with Gasteiger partial charge in [0.15, 0.2) is 0 Å². The first-order valence-corrected chi connectivity index (χ1v) is 8.31. The average Bonchev–Trinajstić information content (AvgIpc) is 2.95. The first-order chi connectivity index (χ1) is 10.2. The molecule has 0 spiro atoms. The van der Waals surface area contributed by atoms with E-state index in [2.05, 4.69) is 31.3 Å². The molecule has 2 aromatic rings. The van der Waals surface area contributed by atoms with Gasteiger partial charge in [0.1, 0.15) is 5.82 Å². The van der Waals surface area contributed by atoms with Crippen LogP contribution < -0.4 is 5.32 Å². The van der Waals surface area contributed by atoms with Crippen molar-refractivity contribution in [2.45, 2.75) is 26.7 Å². The monoisotopic (exact) mass is 303 g/mol. The lowest BCUT2D eigenvalue weighted by Gasteiger charge is -2.05. The quantitative estimate of drug-likeness (QED) is 0.680. The van der Waals surface area contributed by atoms with Crippen LogP contribution in [0.4, 0.5) is 4.39 Å². The Kier molecular flexibility index (Phi) is 6.15. The Hall–Kier alpha value is -1.45.